The zero-order chi connectivity index (χ0) is 23.8. The van der Waals surface area contributed by atoms with Crippen LogP contribution in [0.1, 0.15) is 13.0 Å². The molecule has 2 aromatic carbocycles. The summed E-state index contributed by atoms with van der Waals surface area (Å²) in [6.45, 7) is 1.35. The quantitative estimate of drug-likeness (QED) is 0.437. The van der Waals surface area contributed by atoms with Crippen molar-refractivity contribution in [2.24, 2.45) is 0 Å². The maximum Gasteiger partial charge on any atom is 0.573 e. The summed E-state index contributed by atoms with van der Waals surface area (Å²) in [5.74, 6) is -0.915. The number of ether oxygens (including phenoxy) is 1. The summed E-state index contributed by atoms with van der Waals surface area (Å²) in [7, 11) is 0. The molecule has 1 unspecified atom stereocenters. The van der Waals surface area contributed by atoms with Gasteiger partial charge in [0, 0.05) is 11.1 Å². The summed E-state index contributed by atoms with van der Waals surface area (Å²) < 4.78 is 56.4. The van der Waals surface area contributed by atoms with Crippen molar-refractivity contribution < 1.29 is 27.4 Å². The van der Waals surface area contributed by atoms with Crippen molar-refractivity contribution in [1.29, 1.82) is 0 Å². The molecule has 0 saturated carbocycles. The summed E-state index contributed by atoms with van der Waals surface area (Å²) in [6, 6.07) is 11.5. The second-order valence-corrected chi connectivity index (χ2v) is 7.32. The molecule has 4 aromatic rings. The Bertz CT molecular complexity index is 1370. The second-order valence-electron chi connectivity index (χ2n) is 7.32. The highest BCUT2D eigenvalue weighted by molar-refractivity contribution is 5.93. The third kappa shape index (κ3) is 4.70. The van der Waals surface area contributed by atoms with Gasteiger partial charge in [-0.2, -0.15) is 0 Å². The molecule has 1 N–H and O–H groups in total. The number of halogens is 4. The van der Waals surface area contributed by atoms with Crippen LogP contribution in [0.15, 0.2) is 65.7 Å². The lowest BCUT2D eigenvalue weighted by molar-refractivity contribution is -0.274. The van der Waals surface area contributed by atoms with Crippen LogP contribution in [-0.4, -0.2) is 32.6 Å². The Hall–Kier alpha value is -3.79. The Morgan fingerprint density at radius 2 is 1.82 bits per heavy atom. The molecular formula is C23H17F4N3O3. The van der Waals surface area contributed by atoms with Crippen molar-refractivity contribution in [3.05, 3.63) is 77.1 Å². The summed E-state index contributed by atoms with van der Waals surface area (Å²) in [6.07, 6.45) is -3.54. The van der Waals surface area contributed by atoms with Crippen LogP contribution in [0.25, 0.3) is 33.4 Å². The molecule has 0 aliphatic carbocycles. The number of benzene rings is 2. The molecule has 0 fully saturated rings. The number of pyridine rings is 1. The number of aromatic nitrogens is 3. The summed E-state index contributed by atoms with van der Waals surface area (Å²) in [5.41, 5.74) is 1.08. The van der Waals surface area contributed by atoms with E-state index in [-0.39, 0.29) is 28.9 Å². The number of fused-ring (bicyclic) bond motifs is 1. The number of hydrogen-bond donors (Lipinski definition) is 1. The van der Waals surface area contributed by atoms with Gasteiger partial charge in [-0.3, -0.25) is 9.36 Å². The van der Waals surface area contributed by atoms with E-state index in [4.69, 9.17) is 0 Å². The molecule has 6 nitrogen and oxygen atoms in total. The highest BCUT2D eigenvalue weighted by Crippen LogP contribution is 2.31. The van der Waals surface area contributed by atoms with Gasteiger partial charge in [0.25, 0.3) is 5.56 Å². The third-order valence-corrected chi connectivity index (χ3v) is 4.99. The summed E-state index contributed by atoms with van der Waals surface area (Å²) >= 11 is 0. The Labute approximate surface area is 184 Å². The number of aliphatic hydroxyl groups excluding tert-OH is 1. The number of nitrogens with zero attached hydrogens (tertiary/aromatic N) is 3. The van der Waals surface area contributed by atoms with E-state index < -0.39 is 29.5 Å². The Morgan fingerprint density at radius 1 is 1.09 bits per heavy atom. The first-order valence-corrected chi connectivity index (χ1v) is 9.81. The molecular weight excluding hydrogens is 442 g/mol. The SMILES string of the molecule is CC(CO)n1cnc2c(-c3cccc(F)c3)nc(-c3ccc(OC(F)(F)F)cc3)cc2c1=O. The van der Waals surface area contributed by atoms with Crippen LogP contribution in [0.5, 0.6) is 5.75 Å². The molecule has 4 rings (SSSR count). The van der Waals surface area contributed by atoms with Crippen molar-refractivity contribution >= 4 is 10.9 Å². The smallest absolute Gasteiger partial charge is 0.406 e. The van der Waals surface area contributed by atoms with Gasteiger partial charge in [0.15, 0.2) is 0 Å². The van der Waals surface area contributed by atoms with E-state index in [9.17, 15) is 27.5 Å². The minimum absolute atomic E-state index is 0.165. The minimum atomic E-state index is -4.83. The van der Waals surface area contributed by atoms with E-state index in [0.29, 0.717) is 11.1 Å². The van der Waals surface area contributed by atoms with Crippen LogP contribution in [0, 0.1) is 5.82 Å². The Balaban J connectivity index is 1.93. The van der Waals surface area contributed by atoms with Gasteiger partial charge in [0.1, 0.15) is 17.1 Å². The van der Waals surface area contributed by atoms with Crippen LogP contribution >= 0.6 is 0 Å². The van der Waals surface area contributed by atoms with E-state index in [1.165, 1.54) is 47.3 Å². The molecule has 0 saturated heterocycles. The maximum absolute atomic E-state index is 13.9. The standard InChI is InChI=1S/C23H17F4N3O3/c1-13(11-31)30-12-28-21-18(22(30)32)10-19(29-20(21)15-3-2-4-16(24)9-15)14-5-7-17(8-6-14)33-23(25,26)27/h2-10,12-13,31H,11H2,1H3. The Morgan fingerprint density at radius 3 is 2.45 bits per heavy atom. The van der Waals surface area contributed by atoms with Gasteiger partial charge in [-0.1, -0.05) is 12.1 Å². The van der Waals surface area contributed by atoms with Crippen LogP contribution in [0.3, 0.4) is 0 Å². The monoisotopic (exact) mass is 459 g/mol. The van der Waals surface area contributed by atoms with Crippen molar-refractivity contribution in [3.8, 4) is 28.3 Å². The molecule has 0 spiro atoms. The lowest BCUT2D eigenvalue weighted by Gasteiger charge is -2.15. The first kappa shape index (κ1) is 22.4. The van der Waals surface area contributed by atoms with Gasteiger partial charge in [-0.05, 0) is 49.4 Å². The maximum atomic E-state index is 13.9. The van der Waals surface area contributed by atoms with Gasteiger partial charge in [-0.15, -0.1) is 13.2 Å². The molecule has 0 radical (unpaired) electrons. The van der Waals surface area contributed by atoms with Crippen molar-refractivity contribution in [1.82, 2.24) is 14.5 Å². The molecule has 0 aliphatic heterocycles. The van der Waals surface area contributed by atoms with Crippen molar-refractivity contribution in [2.45, 2.75) is 19.3 Å². The van der Waals surface area contributed by atoms with Gasteiger partial charge >= 0.3 is 6.36 Å². The van der Waals surface area contributed by atoms with E-state index in [2.05, 4.69) is 14.7 Å². The molecule has 2 aromatic heterocycles. The predicted octanol–water partition coefficient (Wildman–Crippen LogP) is 4.72. The second kappa shape index (κ2) is 8.62. The lowest BCUT2D eigenvalue weighted by Crippen LogP contribution is -2.25. The van der Waals surface area contributed by atoms with Gasteiger partial charge < -0.3 is 9.84 Å². The lowest BCUT2D eigenvalue weighted by atomic mass is 10.0. The third-order valence-electron chi connectivity index (χ3n) is 4.99. The Kier molecular flexibility index (Phi) is 5.86. The molecule has 1 atom stereocenters. The van der Waals surface area contributed by atoms with E-state index in [0.717, 1.165) is 12.1 Å². The topological polar surface area (TPSA) is 77.2 Å². The van der Waals surface area contributed by atoms with Crippen LogP contribution < -0.4 is 10.3 Å². The molecule has 0 bridgehead atoms. The average molecular weight is 459 g/mol. The fraction of sp³-hybridized carbons (Fsp3) is 0.174. The van der Waals surface area contributed by atoms with E-state index in [1.54, 1.807) is 13.0 Å². The fourth-order valence-electron chi connectivity index (χ4n) is 3.36. The summed E-state index contributed by atoms with van der Waals surface area (Å²) in [4.78, 5) is 22.0. The number of hydrogen-bond acceptors (Lipinski definition) is 5. The molecule has 0 aliphatic rings. The zero-order valence-electron chi connectivity index (χ0n) is 17.2. The van der Waals surface area contributed by atoms with E-state index >= 15 is 0 Å². The van der Waals surface area contributed by atoms with Gasteiger partial charge in [0.2, 0.25) is 0 Å². The minimum Gasteiger partial charge on any atom is -0.406 e. The van der Waals surface area contributed by atoms with Crippen LogP contribution in [-0.2, 0) is 0 Å². The first-order chi connectivity index (χ1) is 15.7. The van der Waals surface area contributed by atoms with E-state index in [1.807, 2.05) is 0 Å². The largest absolute Gasteiger partial charge is 0.573 e. The molecule has 170 valence electrons. The number of rotatable bonds is 5. The average Bonchev–Trinajstić information content (AvgIpc) is 2.78. The molecule has 0 amide bonds. The zero-order valence-corrected chi connectivity index (χ0v) is 17.2. The van der Waals surface area contributed by atoms with Gasteiger partial charge in [-0.25, -0.2) is 14.4 Å². The van der Waals surface area contributed by atoms with Crippen molar-refractivity contribution in [3.63, 3.8) is 0 Å². The highest BCUT2D eigenvalue weighted by Gasteiger charge is 2.31. The van der Waals surface area contributed by atoms with Crippen molar-refractivity contribution in [2.75, 3.05) is 6.61 Å². The normalized spacial score (nSPS) is 12.7. The summed E-state index contributed by atoms with van der Waals surface area (Å²) in [5, 5.41) is 9.62. The van der Waals surface area contributed by atoms with Crippen LogP contribution in [0.4, 0.5) is 17.6 Å². The fourth-order valence-corrected chi connectivity index (χ4v) is 3.36. The van der Waals surface area contributed by atoms with Crippen LogP contribution in [0.2, 0.25) is 0 Å². The number of alkyl halides is 3. The molecule has 2 heterocycles. The molecule has 10 heteroatoms. The number of aliphatic hydroxyl groups is 1. The highest BCUT2D eigenvalue weighted by atomic mass is 19.4. The predicted molar refractivity (Wildman–Crippen MR) is 113 cm³/mol. The molecule has 33 heavy (non-hydrogen) atoms. The first-order valence-electron chi connectivity index (χ1n) is 9.81. The van der Waals surface area contributed by atoms with Gasteiger partial charge in [0.05, 0.1) is 35.8 Å².